The van der Waals surface area contributed by atoms with E-state index in [0.29, 0.717) is 0 Å². The Labute approximate surface area is 95.6 Å². The number of nitrogens with one attached hydrogen (secondary N) is 1. The first-order valence-corrected chi connectivity index (χ1v) is 6.58. The van der Waals surface area contributed by atoms with Crippen molar-refractivity contribution < 1.29 is 4.74 Å². The van der Waals surface area contributed by atoms with Crippen molar-refractivity contribution in [2.24, 2.45) is 0 Å². The number of ether oxygens (including phenoxy) is 1. The van der Waals surface area contributed by atoms with Crippen LogP contribution in [0.25, 0.3) is 0 Å². The second kappa shape index (κ2) is 4.64. The molecule has 0 spiro atoms. The highest BCUT2D eigenvalue weighted by Crippen LogP contribution is 2.30. The molecule has 1 aliphatic rings. The van der Waals surface area contributed by atoms with Crippen LogP contribution < -0.4 is 5.32 Å². The van der Waals surface area contributed by atoms with Crippen LogP contribution in [0.3, 0.4) is 0 Å². The van der Waals surface area contributed by atoms with Crippen LogP contribution in [-0.2, 0) is 4.74 Å². The predicted octanol–water partition coefficient (Wildman–Crippen LogP) is 2.97. The van der Waals surface area contributed by atoms with Gasteiger partial charge >= 0.3 is 0 Å². The SMILES string of the molecule is CCCC1(C)CNCC(c2ccsc2)O1. The van der Waals surface area contributed by atoms with E-state index in [-0.39, 0.29) is 11.7 Å². The van der Waals surface area contributed by atoms with Crippen LogP contribution >= 0.6 is 11.3 Å². The Morgan fingerprint density at radius 2 is 2.53 bits per heavy atom. The van der Waals surface area contributed by atoms with Crippen LogP contribution in [0.4, 0.5) is 0 Å². The Morgan fingerprint density at radius 3 is 3.20 bits per heavy atom. The molecule has 0 aliphatic carbocycles. The number of thiophene rings is 1. The zero-order valence-corrected chi connectivity index (χ0v) is 10.3. The van der Waals surface area contributed by atoms with Crippen molar-refractivity contribution in [1.29, 1.82) is 0 Å². The normalized spacial score (nSPS) is 31.7. The average molecular weight is 225 g/mol. The van der Waals surface area contributed by atoms with Gasteiger partial charge in [-0.3, -0.25) is 0 Å². The largest absolute Gasteiger partial charge is 0.365 e. The lowest BCUT2D eigenvalue weighted by molar-refractivity contribution is -0.111. The minimum absolute atomic E-state index is 0.0135. The van der Waals surface area contributed by atoms with Crippen molar-refractivity contribution in [3.8, 4) is 0 Å². The lowest BCUT2D eigenvalue weighted by Crippen LogP contribution is -2.48. The Balaban J connectivity index is 2.04. The molecule has 2 rings (SSSR count). The Hall–Kier alpha value is -0.380. The van der Waals surface area contributed by atoms with Crippen LogP contribution in [-0.4, -0.2) is 18.7 Å². The van der Waals surface area contributed by atoms with Crippen LogP contribution in [0.2, 0.25) is 0 Å². The molecule has 2 nitrogen and oxygen atoms in total. The van der Waals surface area contributed by atoms with Crippen molar-refractivity contribution in [1.82, 2.24) is 5.32 Å². The van der Waals surface area contributed by atoms with E-state index in [1.165, 1.54) is 12.0 Å². The standard InChI is InChI=1S/C12H19NOS/c1-3-5-12(2)9-13-7-11(14-12)10-4-6-15-8-10/h4,6,8,11,13H,3,5,7,9H2,1-2H3. The van der Waals surface area contributed by atoms with Crippen molar-refractivity contribution in [2.45, 2.75) is 38.4 Å². The van der Waals surface area contributed by atoms with Gasteiger partial charge in [-0.15, -0.1) is 0 Å². The van der Waals surface area contributed by atoms with Gasteiger partial charge in [0.25, 0.3) is 0 Å². The van der Waals surface area contributed by atoms with Gasteiger partial charge in [0.2, 0.25) is 0 Å². The van der Waals surface area contributed by atoms with E-state index in [2.05, 4.69) is 36.0 Å². The number of morpholine rings is 1. The summed E-state index contributed by atoms with van der Waals surface area (Å²) in [7, 11) is 0. The molecule has 0 amide bonds. The summed E-state index contributed by atoms with van der Waals surface area (Å²) < 4.78 is 6.20. The first kappa shape index (κ1) is 11.1. The molecule has 1 aromatic heterocycles. The van der Waals surface area contributed by atoms with Gasteiger partial charge in [0.1, 0.15) is 0 Å². The Morgan fingerprint density at radius 1 is 1.67 bits per heavy atom. The molecule has 3 heteroatoms. The van der Waals surface area contributed by atoms with Crippen LogP contribution in [0.15, 0.2) is 16.8 Å². The van der Waals surface area contributed by atoms with E-state index in [4.69, 9.17) is 4.74 Å². The monoisotopic (exact) mass is 225 g/mol. The second-order valence-corrected chi connectivity index (χ2v) is 5.27. The molecular weight excluding hydrogens is 206 g/mol. The molecule has 84 valence electrons. The molecule has 1 aliphatic heterocycles. The predicted molar refractivity (Wildman–Crippen MR) is 64.3 cm³/mol. The van der Waals surface area contributed by atoms with Gasteiger partial charge in [0.05, 0.1) is 11.7 Å². The molecule has 0 aromatic carbocycles. The topological polar surface area (TPSA) is 21.3 Å². The minimum atomic E-state index is 0.0135. The summed E-state index contributed by atoms with van der Waals surface area (Å²) in [6, 6.07) is 2.16. The molecule has 0 radical (unpaired) electrons. The lowest BCUT2D eigenvalue weighted by Gasteiger charge is -2.39. The summed E-state index contributed by atoms with van der Waals surface area (Å²) >= 11 is 1.74. The molecular formula is C12H19NOS. The number of hydrogen-bond donors (Lipinski definition) is 1. The van der Waals surface area contributed by atoms with E-state index >= 15 is 0 Å². The summed E-state index contributed by atoms with van der Waals surface area (Å²) in [5.41, 5.74) is 1.33. The fourth-order valence-corrected chi connectivity index (χ4v) is 2.92. The van der Waals surface area contributed by atoms with Crippen LogP contribution in [0.5, 0.6) is 0 Å². The molecule has 2 atom stereocenters. The second-order valence-electron chi connectivity index (χ2n) is 4.49. The van der Waals surface area contributed by atoms with E-state index in [9.17, 15) is 0 Å². The van der Waals surface area contributed by atoms with Gasteiger partial charge in [0.15, 0.2) is 0 Å². The third-order valence-corrected chi connectivity index (χ3v) is 3.65. The summed E-state index contributed by atoms with van der Waals surface area (Å²) in [5.74, 6) is 0. The smallest absolute Gasteiger partial charge is 0.0965 e. The third kappa shape index (κ3) is 2.60. The van der Waals surface area contributed by atoms with Gasteiger partial charge in [-0.1, -0.05) is 13.3 Å². The quantitative estimate of drug-likeness (QED) is 0.854. The molecule has 0 bridgehead atoms. The van der Waals surface area contributed by atoms with Gasteiger partial charge in [0, 0.05) is 13.1 Å². The van der Waals surface area contributed by atoms with E-state index < -0.39 is 0 Å². The summed E-state index contributed by atoms with van der Waals surface area (Å²) in [5, 5.41) is 7.78. The first-order chi connectivity index (χ1) is 7.23. The Bertz CT molecular complexity index is 295. The maximum atomic E-state index is 6.20. The van der Waals surface area contributed by atoms with Crippen LogP contribution in [0, 0.1) is 0 Å². The highest BCUT2D eigenvalue weighted by Gasteiger charge is 2.32. The molecule has 1 saturated heterocycles. The molecule has 2 unspecified atom stereocenters. The fourth-order valence-electron chi connectivity index (χ4n) is 2.21. The van der Waals surface area contributed by atoms with Crippen molar-refractivity contribution in [3.05, 3.63) is 22.4 Å². The van der Waals surface area contributed by atoms with Gasteiger partial charge in [-0.05, 0) is 35.7 Å². The van der Waals surface area contributed by atoms with Crippen molar-refractivity contribution >= 4 is 11.3 Å². The van der Waals surface area contributed by atoms with E-state index in [1.807, 2.05) is 0 Å². The fraction of sp³-hybridized carbons (Fsp3) is 0.667. The summed E-state index contributed by atoms with van der Waals surface area (Å²) in [6.07, 6.45) is 2.54. The highest BCUT2D eigenvalue weighted by molar-refractivity contribution is 7.07. The summed E-state index contributed by atoms with van der Waals surface area (Å²) in [6.45, 7) is 6.34. The van der Waals surface area contributed by atoms with Gasteiger partial charge in [-0.25, -0.2) is 0 Å². The minimum Gasteiger partial charge on any atom is -0.365 e. The zero-order chi connectivity index (χ0) is 10.7. The van der Waals surface area contributed by atoms with Crippen molar-refractivity contribution in [3.63, 3.8) is 0 Å². The maximum absolute atomic E-state index is 6.20. The molecule has 2 heterocycles. The van der Waals surface area contributed by atoms with Gasteiger partial charge < -0.3 is 10.1 Å². The molecule has 1 aromatic rings. The molecule has 1 fully saturated rings. The van der Waals surface area contributed by atoms with E-state index in [0.717, 1.165) is 19.5 Å². The number of rotatable bonds is 3. The van der Waals surface area contributed by atoms with Crippen LogP contribution in [0.1, 0.15) is 38.4 Å². The Kier molecular flexibility index (Phi) is 3.44. The lowest BCUT2D eigenvalue weighted by atomic mass is 9.97. The molecule has 1 N–H and O–H groups in total. The molecule has 0 saturated carbocycles. The third-order valence-electron chi connectivity index (χ3n) is 2.95. The first-order valence-electron chi connectivity index (χ1n) is 5.64. The summed E-state index contributed by atoms with van der Waals surface area (Å²) in [4.78, 5) is 0. The zero-order valence-electron chi connectivity index (χ0n) is 9.45. The van der Waals surface area contributed by atoms with Gasteiger partial charge in [-0.2, -0.15) is 11.3 Å². The maximum Gasteiger partial charge on any atom is 0.0965 e. The average Bonchev–Trinajstić information content (AvgIpc) is 2.70. The number of hydrogen-bond acceptors (Lipinski definition) is 3. The van der Waals surface area contributed by atoms with E-state index in [1.54, 1.807) is 11.3 Å². The molecule has 15 heavy (non-hydrogen) atoms. The highest BCUT2D eigenvalue weighted by atomic mass is 32.1. The van der Waals surface area contributed by atoms with Crippen molar-refractivity contribution in [2.75, 3.05) is 13.1 Å².